The normalized spacial score (nSPS) is 44.5. The molecule has 2 heterocycles. The number of Topliss-reactive ketones (excluding diaryl/α,β-unsaturated/α-hetero) is 1. The van der Waals surface area contributed by atoms with Gasteiger partial charge in [0.05, 0.1) is 26.4 Å². The Bertz CT molecular complexity index is 592. The van der Waals surface area contributed by atoms with E-state index in [0.29, 0.717) is 43.3 Å². The summed E-state index contributed by atoms with van der Waals surface area (Å²) in [5.41, 5.74) is 0.123. The van der Waals surface area contributed by atoms with Crippen molar-refractivity contribution in [2.24, 2.45) is 29.1 Å². The maximum Gasteiger partial charge on any atom is 0.174 e. The van der Waals surface area contributed by atoms with Gasteiger partial charge in [-0.05, 0) is 56.8 Å². The molecule has 2 spiro atoms. The summed E-state index contributed by atoms with van der Waals surface area (Å²) < 4.78 is 24.9. The second kappa shape index (κ2) is 6.51. The van der Waals surface area contributed by atoms with E-state index in [9.17, 15) is 4.79 Å². The molecule has 0 bridgehead atoms. The van der Waals surface area contributed by atoms with Gasteiger partial charge < -0.3 is 23.7 Å². The zero-order chi connectivity index (χ0) is 18.7. The van der Waals surface area contributed by atoms with Gasteiger partial charge in [0.15, 0.2) is 11.6 Å². The number of fused-ring (bicyclic) bond motifs is 4. The summed E-state index contributed by atoms with van der Waals surface area (Å²) in [6.07, 6.45) is 8.22. The molecule has 3 unspecified atom stereocenters. The molecule has 3 aliphatic carbocycles. The maximum atomic E-state index is 11.7. The molecule has 3 saturated carbocycles. The Morgan fingerprint density at radius 1 is 0.889 bits per heavy atom. The topological polar surface area (TPSA) is 54.0 Å². The molecule has 2 saturated heterocycles. The molecule has 5 fully saturated rings. The van der Waals surface area contributed by atoms with Crippen LogP contribution in [0.2, 0.25) is 0 Å². The first-order chi connectivity index (χ1) is 13.0. The SMILES string of the molecule is CC(=O)CCC1C2CC[C@@]3(C)[C@@H](CCC34OCCO4)C2CCC12OCCO2. The Labute approximate surface area is 162 Å². The number of hydrogen-bond donors (Lipinski definition) is 0. The smallest absolute Gasteiger partial charge is 0.174 e. The van der Waals surface area contributed by atoms with Crippen LogP contribution in [0.5, 0.6) is 0 Å². The predicted molar refractivity (Wildman–Crippen MR) is 99.0 cm³/mol. The van der Waals surface area contributed by atoms with Gasteiger partial charge in [-0.15, -0.1) is 0 Å². The summed E-state index contributed by atoms with van der Waals surface area (Å²) in [5, 5.41) is 0. The third-order valence-electron chi connectivity index (χ3n) is 8.78. The van der Waals surface area contributed by atoms with E-state index in [0.717, 1.165) is 45.3 Å². The Hall–Kier alpha value is -0.490. The Morgan fingerprint density at radius 2 is 1.56 bits per heavy atom. The Morgan fingerprint density at radius 3 is 2.26 bits per heavy atom. The van der Waals surface area contributed by atoms with Gasteiger partial charge in [0.1, 0.15) is 5.78 Å². The average Bonchev–Trinajstić information content (AvgIpc) is 3.36. The van der Waals surface area contributed by atoms with E-state index in [4.69, 9.17) is 18.9 Å². The van der Waals surface area contributed by atoms with Gasteiger partial charge in [-0.25, -0.2) is 0 Å². The average molecular weight is 379 g/mol. The fraction of sp³-hybridized carbons (Fsp3) is 0.955. The van der Waals surface area contributed by atoms with Crippen molar-refractivity contribution in [3.63, 3.8) is 0 Å². The minimum atomic E-state index is -0.430. The van der Waals surface area contributed by atoms with E-state index >= 15 is 0 Å². The first-order valence-electron chi connectivity index (χ1n) is 11.0. The molecule has 5 atom stereocenters. The fourth-order valence-electron chi connectivity index (χ4n) is 7.62. The molecule has 0 aromatic rings. The number of rotatable bonds is 3. The molecule has 5 rings (SSSR count). The van der Waals surface area contributed by atoms with Crippen molar-refractivity contribution in [2.75, 3.05) is 26.4 Å². The van der Waals surface area contributed by atoms with Gasteiger partial charge in [-0.2, -0.15) is 0 Å². The lowest BCUT2D eigenvalue weighted by atomic mass is 9.52. The molecular weight excluding hydrogens is 344 g/mol. The fourth-order valence-corrected chi connectivity index (χ4v) is 7.62. The minimum absolute atomic E-state index is 0.123. The van der Waals surface area contributed by atoms with Crippen LogP contribution in [0.3, 0.4) is 0 Å². The van der Waals surface area contributed by atoms with E-state index in [-0.39, 0.29) is 17.0 Å². The van der Waals surface area contributed by atoms with Crippen molar-refractivity contribution in [3.05, 3.63) is 0 Å². The largest absolute Gasteiger partial charge is 0.347 e. The third-order valence-corrected chi connectivity index (χ3v) is 8.78. The monoisotopic (exact) mass is 378 g/mol. The van der Waals surface area contributed by atoms with Crippen LogP contribution in [0, 0.1) is 29.1 Å². The van der Waals surface area contributed by atoms with Crippen LogP contribution in [0.15, 0.2) is 0 Å². The molecule has 0 radical (unpaired) electrons. The van der Waals surface area contributed by atoms with E-state index in [1.165, 1.54) is 12.8 Å². The summed E-state index contributed by atoms with van der Waals surface area (Å²) >= 11 is 0. The van der Waals surface area contributed by atoms with Gasteiger partial charge in [0, 0.05) is 30.6 Å². The van der Waals surface area contributed by atoms with Crippen LogP contribution < -0.4 is 0 Å². The molecule has 152 valence electrons. The van der Waals surface area contributed by atoms with Crippen molar-refractivity contribution < 1.29 is 23.7 Å². The highest BCUT2D eigenvalue weighted by Gasteiger charge is 2.67. The quantitative estimate of drug-likeness (QED) is 0.750. The molecule has 0 aromatic carbocycles. The van der Waals surface area contributed by atoms with Crippen LogP contribution in [0.25, 0.3) is 0 Å². The number of carbonyl (C=O) groups excluding carboxylic acids is 1. The Balaban J connectivity index is 1.43. The summed E-state index contributed by atoms with van der Waals surface area (Å²) in [6, 6.07) is 0. The van der Waals surface area contributed by atoms with Crippen molar-refractivity contribution in [2.45, 2.75) is 76.8 Å². The van der Waals surface area contributed by atoms with E-state index < -0.39 is 5.79 Å². The van der Waals surface area contributed by atoms with Crippen LogP contribution in [-0.2, 0) is 23.7 Å². The standard InChI is InChI=1S/C22H34O5/c1-15(23)3-4-19-17-5-8-20(2)18(7-10-22(20)26-13-14-27-22)16(17)6-9-21(19)24-11-12-25-21/h16-19H,3-14H2,1-2H3/t16?,17?,18-,19?,20-/m0/s1. The first-order valence-corrected chi connectivity index (χ1v) is 11.0. The van der Waals surface area contributed by atoms with E-state index in [1.807, 2.05) is 0 Å². The molecule has 0 aromatic heterocycles. The third kappa shape index (κ3) is 2.61. The molecule has 5 aliphatic rings. The van der Waals surface area contributed by atoms with Gasteiger partial charge >= 0.3 is 0 Å². The lowest BCUT2D eigenvalue weighted by Gasteiger charge is -2.57. The number of carbonyl (C=O) groups is 1. The molecule has 5 nitrogen and oxygen atoms in total. The van der Waals surface area contributed by atoms with Crippen LogP contribution >= 0.6 is 0 Å². The molecule has 2 aliphatic heterocycles. The van der Waals surface area contributed by atoms with Gasteiger partial charge in [0.25, 0.3) is 0 Å². The number of hydrogen-bond acceptors (Lipinski definition) is 5. The van der Waals surface area contributed by atoms with Crippen LogP contribution in [0.1, 0.15) is 65.2 Å². The van der Waals surface area contributed by atoms with Crippen LogP contribution in [0.4, 0.5) is 0 Å². The van der Waals surface area contributed by atoms with Crippen LogP contribution in [-0.4, -0.2) is 43.8 Å². The number of ether oxygens (including phenoxy) is 4. The second-order valence-electron chi connectivity index (χ2n) is 9.77. The van der Waals surface area contributed by atoms with Crippen molar-refractivity contribution in [1.82, 2.24) is 0 Å². The summed E-state index contributed by atoms with van der Waals surface area (Å²) in [7, 11) is 0. The van der Waals surface area contributed by atoms with Crippen molar-refractivity contribution in [3.8, 4) is 0 Å². The number of ketones is 1. The first kappa shape index (κ1) is 18.5. The predicted octanol–water partition coefficient (Wildman–Crippen LogP) is 3.69. The lowest BCUT2D eigenvalue weighted by Crippen LogP contribution is -2.57. The van der Waals surface area contributed by atoms with Gasteiger partial charge in [0.2, 0.25) is 0 Å². The second-order valence-corrected chi connectivity index (χ2v) is 9.77. The van der Waals surface area contributed by atoms with Gasteiger partial charge in [-0.1, -0.05) is 6.92 Å². The molecule has 0 N–H and O–H groups in total. The lowest BCUT2D eigenvalue weighted by molar-refractivity contribution is -0.271. The molecule has 5 heteroatoms. The van der Waals surface area contributed by atoms with E-state index in [2.05, 4.69) is 6.92 Å². The zero-order valence-corrected chi connectivity index (χ0v) is 16.8. The summed E-state index contributed by atoms with van der Waals surface area (Å²) in [4.78, 5) is 11.7. The van der Waals surface area contributed by atoms with Crippen molar-refractivity contribution in [1.29, 1.82) is 0 Å². The molecule has 27 heavy (non-hydrogen) atoms. The van der Waals surface area contributed by atoms with Gasteiger partial charge in [-0.3, -0.25) is 0 Å². The summed E-state index contributed by atoms with van der Waals surface area (Å²) in [5.74, 6) is 1.76. The summed E-state index contributed by atoms with van der Waals surface area (Å²) in [6.45, 7) is 6.99. The molecular formula is C22H34O5. The van der Waals surface area contributed by atoms with E-state index in [1.54, 1.807) is 6.92 Å². The zero-order valence-electron chi connectivity index (χ0n) is 16.8. The maximum absolute atomic E-state index is 11.7. The van der Waals surface area contributed by atoms with Crippen molar-refractivity contribution >= 4 is 5.78 Å². The molecule has 0 amide bonds. The highest BCUT2D eigenvalue weighted by atomic mass is 16.7. The highest BCUT2D eigenvalue weighted by Crippen LogP contribution is 2.67. The Kier molecular flexibility index (Phi) is 4.47. The highest BCUT2D eigenvalue weighted by molar-refractivity contribution is 5.75. The minimum Gasteiger partial charge on any atom is -0.347 e.